The number of thiazole rings is 1. The van der Waals surface area contributed by atoms with Gasteiger partial charge in [0, 0.05) is 10.9 Å². The number of benzene rings is 1. The van der Waals surface area contributed by atoms with Gasteiger partial charge in [-0.25, -0.2) is 13.8 Å². The second-order valence-electron chi connectivity index (χ2n) is 5.11. The van der Waals surface area contributed by atoms with Gasteiger partial charge < -0.3 is 15.8 Å². The summed E-state index contributed by atoms with van der Waals surface area (Å²) < 4.78 is 31.4. The van der Waals surface area contributed by atoms with E-state index in [0.717, 1.165) is 16.3 Å². The second-order valence-corrected chi connectivity index (χ2v) is 5.97. The molecule has 1 heterocycles. The number of nitrogens with zero attached hydrogens (tertiary/aromatic N) is 1. The molecule has 2 aromatic rings. The van der Waals surface area contributed by atoms with E-state index in [1.54, 1.807) is 5.38 Å². The molecule has 1 amide bonds. The number of carbonyl (C=O) groups excluding carboxylic acids is 1. The van der Waals surface area contributed by atoms with Gasteiger partial charge in [0.2, 0.25) is 5.91 Å². The van der Waals surface area contributed by atoms with Crippen LogP contribution in [0, 0.1) is 0 Å². The first-order chi connectivity index (χ1) is 11.4. The topological polar surface area (TPSA) is 77.2 Å². The third-order valence-electron chi connectivity index (χ3n) is 3.15. The lowest BCUT2D eigenvalue weighted by atomic mass is 10.2. The van der Waals surface area contributed by atoms with Gasteiger partial charge in [-0.1, -0.05) is 0 Å². The highest BCUT2D eigenvalue weighted by Gasteiger charge is 2.27. The minimum absolute atomic E-state index is 0.0474. The van der Waals surface area contributed by atoms with E-state index < -0.39 is 24.9 Å². The number of amides is 1. The molecule has 2 rings (SSSR count). The number of ether oxygens (including phenoxy) is 1. The highest BCUT2D eigenvalue weighted by molar-refractivity contribution is 7.13. The van der Waals surface area contributed by atoms with Crippen LogP contribution in [-0.4, -0.2) is 36.5 Å². The molecule has 0 saturated carbocycles. The highest BCUT2D eigenvalue weighted by Crippen LogP contribution is 2.26. The molecular formula is C16H19F2N3O2S. The van der Waals surface area contributed by atoms with Crippen LogP contribution in [0.25, 0.3) is 10.6 Å². The molecule has 0 radical (unpaired) electrons. The number of carbonyl (C=O) groups is 1. The normalized spacial score (nSPS) is 11.3. The van der Waals surface area contributed by atoms with Crippen LogP contribution < -0.4 is 15.8 Å². The van der Waals surface area contributed by atoms with E-state index in [-0.39, 0.29) is 6.42 Å². The van der Waals surface area contributed by atoms with Gasteiger partial charge in [0.25, 0.3) is 5.92 Å². The number of rotatable bonds is 8. The summed E-state index contributed by atoms with van der Waals surface area (Å²) in [6.07, 6.45) is -0.0474. The number of aromatic nitrogens is 1. The molecule has 0 saturated heterocycles. The molecule has 1 aromatic heterocycles. The summed E-state index contributed by atoms with van der Waals surface area (Å²) in [5.41, 5.74) is 6.37. The van der Waals surface area contributed by atoms with Crippen LogP contribution in [0.1, 0.15) is 12.6 Å². The molecule has 3 N–H and O–H groups in total. The predicted octanol–water partition coefficient (Wildman–Crippen LogP) is 2.46. The fourth-order valence-electron chi connectivity index (χ4n) is 1.91. The first-order valence-electron chi connectivity index (χ1n) is 7.46. The van der Waals surface area contributed by atoms with E-state index >= 15 is 0 Å². The SMILES string of the molecule is CCOc1ccc(-c2nc(CC(=O)NCC(F)(F)CN)cs2)cc1. The smallest absolute Gasteiger partial charge is 0.277 e. The van der Waals surface area contributed by atoms with E-state index in [1.807, 2.05) is 31.2 Å². The van der Waals surface area contributed by atoms with Crippen LogP contribution in [0.15, 0.2) is 29.6 Å². The Morgan fingerprint density at radius 3 is 2.71 bits per heavy atom. The molecular weight excluding hydrogens is 336 g/mol. The van der Waals surface area contributed by atoms with Crippen molar-refractivity contribution in [1.29, 1.82) is 0 Å². The third-order valence-corrected chi connectivity index (χ3v) is 4.09. The minimum atomic E-state index is -3.09. The Morgan fingerprint density at radius 2 is 2.08 bits per heavy atom. The van der Waals surface area contributed by atoms with Gasteiger partial charge in [0.15, 0.2) is 0 Å². The average molecular weight is 355 g/mol. The van der Waals surface area contributed by atoms with E-state index in [2.05, 4.69) is 10.3 Å². The van der Waals surface area contributed by atoms with Crippen molar-refractivity contribution < 1.29 is 18.3 Å². The van der Waals surface area contributed by atoms with Crippen molar-refractivity contribution in [3.63, 3.8) is 0 Å². The lowest BCUT2D eigenvalue weighted by Crippen LogP contribution is -2.42. The molecule has 5 nitrogen and oxygen atoms in total. The summed E-state index contributed by atoms with van der Waals surface area (Å²) in [7, 11) is 0. The maximum Gasteiger partial charge on any atom is 0.277 e. The van der Waals surface area contributed by atoms with Gasteiger partial charge in [-0.05, 0) is 31.2 Å². The maximum atomic E-state index is 13.0. The molecule has 0 bridgehead atoms. The molecule has 24 heavy (non-hydrogen) atoms. The van der Waals surface area contributed by atoms with Gasteiger partial charge in [-0.3, -0.25) is 4.79 Å². The molecule has 0 spiro atoms. The number of halogens is 2. The third kappa shape index (κ3) is 5.24. The van der Waals surface area contributed by atoms with Gasteiger partial charge in [-0.2, -0.15) is 0 Å². The molecule has 0 aliphatic carbocycles. The van der Waals surface area contributed by atoms with Crippen molar-refractivity contribution >= 4 is 17.2 Å². The van der Waals surface area contributed by atoms with E-state index in [9.17, 15) is 13.6 Å². The Hall–Kier alpha value is -2.06. The van der Waals surface area contributed by atoms with Crippen LogP contribution in [0.3, 0.4) is 0 Å². The first-order valence-corrected chi connectivity index (χ1v) is 8.33. The van der Waals surface area contributed by atoms with Crippen molar-refractivity contribution in [1.82, 2.24) is 10.3 Å². The number of hydrogen-bond donors (Lipinski definition) is 2. The summed E-state index contributed by atoms with van der Waals surface area (Å²) in [4.78, 5) is 16.1. The monoisotopic (exact) mass is 355 g/mol. The number of nitrogens with one attached hydrogen (secondary N) is 1. The van der Waals surface area contributed by atoms with E-state index in [0.29, 0.717) is 12.3 Å². The number of alkyl halides is 2. The molecule has 130 valence electrons. The quantitative estimate of drug-likeness (QED) is 0.763. The van der Waals surface area contributed by atoms with Crippen LogP contribution in [0.5, 0.6) is 5.75 Å². The van der Waals surface area contributed by atoms with Gasteiger partial charge in [0.05, 0.1) is 31.8 Å². The van der Waals surface area contributed by atoms with Gasteiger partial charge in [-0.15, -0.1) is 11.3 Å². The Kier molecular flexibility index (Phi) is 6.22. The fraction of sp³-hybridized carbons (Fsp3) is 0.375. The molecule has 1 aromatic carbocycles. The summed E-state index contributed by atoms with van der Waals surface area (Å²) >= 11 is 1.39. The summed E-state index contributed by atoms with van der Waals surface area (Å²) in [6, 6.07) is 7.47. The van der Waals surface area contributed by atoms with Crippen molar-refractivity contribution in [3.05, 3.63) is 35.3 Å². The van der Waals surface area contributed by atoms with Crippen molar-refractivity contribution in [3.8, 4) is 16.3 Å². The second kappa shape index (κ2) is 8.16. The Labute approximate surface area is 142 Å². The number of nitrogens with two attached hydrogens (primary N) is 1. The minimum Gasteiger partial charge on any atom is -0.494 e. The largest absolute Gasteiger partial charge is 0.494 e. The molecule has 0 unspecified atom stereocenters. The van der Waals surface area contributed by atoms with Crippen molar-refractivity contribution in [2.45, 2.75) is 19.3 Å². The lowest BCUT2D eigenvalue weighted by molar-refractivity contribution is -0.122. The fourth-order valence-corrected chi connectivity index (χ4v) is 2.73. The predicted molar refractivity (Wildman–Crippen MR) is 89.4 cm³/mol. The van der Waals surface area contributed by atoms with Gasteiger partial charge >= 0.3 is 0 Å². The van der Waals surface area contributed by atoms with Crippen LogP contribution in [-0.2, 0) is 11.2 Å². The Balaban J connectivity index is 1.94. The summed E-state index contributed by atoms with van der Waals surface area (Å²) in [5, 5.41) is 4.67. The van der Waals surface area contributed by atoms with Crippen LogP contribution in [0.2, 0.25) is 0 Å². The van der Waals surface area contributed by atoms with E-state index in [1.165, 1.54) is 11.3 Å². The standard InChI is InChI=1S/C16H19F2N3O2S/c1-2-23-13-5-3-11(4-6-13)15-21-12(8-24-15)7-14(22)20-10-16(17,18)9-19/h3-6,8H,2,7,9-10,19H2,1H3,(H,20,22). The Morgan fingerprint density at radius 1 is 1.38 bits per heavy atom. The maximum absolute atomic E-state index is 13.0. The van der Waals surface area contributed by atoms with Crippen LogP contribution in [0.4, 0.5) is 8.78 Å². The Bertz CT molecular complexity index is 674. The summed E-state index contributed by atoms with van der Waals surface area (Å²) in [6.45, 7) is 0.943. The van der Waals surface area contributed by atoms with Crippen LogP contribution >= 0.6 is 11.3 Å². The van der Waals surface area contributed by atoms with Gasteiger partial charge in [0.1, 0.15) is 10.8 Å². The average Bonchev–Trinajstić information content (AvgIpc) is 3.02. The zero-order valence-electron chi connectivity index (χ0n) is 13.2. The first kappa shape index (κ1) is 18.3. The lowest BCUT2D eigenvalue weighted by Gasteiger charge is -2.14. The summed E-state index contributed by atoms with van der Waals surface area (Å²) in [5.74, 6) is -2.82. The zero-order valence-corrected chi connectivity index (χ0v) is 14.0. The zero-order chi connectivity index (χ0) is 17.6. The molecule has 0 fully saturated rings. The molecule has 0 aliphatic rings. The van der Waals surface area contributed by atoms with Crippen molar-refractivity contribution in [2.24, 2.45) is 5.73 Å². The highest BCUT2D eigenvalue weighted by atomic mass is 32.1. The molecule has 0 aliphatic heterocycles. The van der Waals surface area contributed by atoms with E-state index in [4.69, 9.17) is 10.5 Å². The number of hydrogen-bond acceptors (Lipinski definition) is 5. The molecule has 8 heteroatoms. The van der Waals surface area contributed by atoms with Crippen molar-refractivity contribution in [2.75, 3.05) is 19.7 Å². The molecule has 0 atom stereocenters.